The second kappa shape index (κ2) is 9.67. The van der Waals surface area contributed by atoms with Crippen molar-refractivity contribution in [2.45, 2.75) is 0 Å². The van der Waals surface area contributed by atoms with E-state index in [2.05, 4.69) is 15.8 Å². The Kier molecular flexibility index (Phi) is 7.03. The van der Waals surface area contributed by atoms with E-state index in [1.807, 2.05) is 0 Å². The molecule has 2 N–H and O–H groups in total. The van der Waals surface area contributed by atoms with Gasteiger partial charge in [-0.25, -0.2) is 5.43 Å². The van der Waals surface area contributed by atoms with Gasteiger partial charge in [0.25, 0.3) is 17.5 Å². The average Bonchev–Trinajstić information content (AvgIpc) is 2.71. The largest absolute Gasteiger partial charge is 0.493 e. The molecule has 0 unspecified atom stereocenters. The predicted octanol–water partition coefficient (Wildman–Crippen LogP) is 1.49. The van der Waals surface area contributed by atoms with Gasteiger partial charge in [0.1, 0.15) is 0 Å². The number of amides is 2. The molecule has 2 rings (SSSR count). The van der Waals surface area contributed by atoms with Gasteiger partial charge in [-0.1, -0.05) is 0 Å². The van der Waals surface area contributed by atoms with Crippen LogP contribution in [0, 0.1) is 10.1 Å². The molecule has 0 saturated heterocycles. The molecule has 0 radical (unpaired) electrons. The highest BCUT2D eigenvalue weighted by atomic mass is 16.6. The minimum Gasteiger partial charge on any atom is -0.493 e. The van der Waals surface area contributed by atoms with E-state index in [9.17, 15) is 19.7 Å². The molecule has 0 heterocycles. The van der Waals surface area contributed by atoms with Crippen LogP contribution in [0.1, 0.15) is 15.9 Å². The molecule has 0 aliphatic carbocycles. The second-order valence-corrected chi connectivity index (χ2v) is 5.39. The number of nitro benzene ring substituents is 1. The van der Waals surface area contributed by atoms with Crippen molar-refractivity contribution in [1.82, 2.24) is 10.7 Å². The summed E-state index contributed by atoms with van der Waals surface area (Å²) in [6.07, 6.45) is 1.41. The van der Waals surface area contributed by atoms with E-state index in [0.717, 1.165) is 0 Å². The minimum atomic E-state index is -0.564. The van der Waals surface area contributed by atoms with Gasteiger partial charge < -0.3 is 14.8 Å². The first-order valence-electron chi connectivity index (χ1n) is 8.01. The zero-order chi connectivity index (χ0) is 20.5. The fourth-order valence-corrected chi connectivity index (χ4v) is 2.15. The van der Waals surface area contributed by atoms with E-state index in [4.69, 9.17) is 9.47 Å². The van der Waals surface area contributed by atoms with Gasteiger partial charge in [-0.3, -0.25) is 19.7 Å². The van der Waals surface area contributed by atoms with Crippen molar-refractivity contribution >= 4 is 23.7 Å². The molecule has 10 heteroatoms. The van der Waals surface area contributed by atoms with Crippen LogP contribution in [-0.4, -0.2) is 43.7 Å². The number of hydrogen-bond acceptors (Lipinski definition) is 7. The Morgan fingerprint density at radius 3 is 2.39 bits per heavy atom. The summed E-state index contributed by atoms with van der Waals surface area (Å²) in [6.45, 7) is -0.306. The number of carbonyl (C=O) groups excluding carboxylic acids is 2. The van der Waals surface area contributed by atoms with E-state index >= 15 is 0 Å². The maximum absolute atomic E-state index is 11.9. The molecule has 0 atom stereocenters. The Bertz CT molecular complexity index is 895. The van der Waals surface area contributed by atoms with Crippen LogP contribution in [0.5, 0.6) is 11.5 Å². The number of hydrazone groups is 1. The van der Waals surface area contributed by atoms with Crippen LogP contribution >= 0.6 is 0 Å². The first kappa shape index (κ1) is 20.4. The predicted molar refractivity (Wildman–Crippen MR) is 101 cm³/mol. The van der Waals surface area contributed by atoms with Gasteiger partial charge in [0.15, 0.2) is 11.5 Å². The maximum Gasteiger partial charge on any atom is 0.269 e. The van der Waals surface area contributed by atoms with Crippen LogP contribution in [0.3, 0.4) is 0 Å². The molecule has 0 aliphatic heterocycles. The summed E-state index contributed by atoms with van der Waals surface area (Å²) < 4.78 is 10.3. The summed E-state index contributed by atoms with van der Waals surface area (Å²) in [5.74, 6) is 0.0201. The third-order valence-electron chi connectivity index (χ3n) is 3.56. The summed E-state index contributed by atoms with van der Waals surface area (Å²) in [6, 6.07) is 10.1. The van der Waals surface area contributed by atoms with Gasteiger partial charge in [0.05, 0.1) is 31.9 Å². The van der Waals surface area contributed by atoms with Crippen LogP contribution in [0.4, 0.5) is 5.69 Å². The van der Waals surface area contributed by atoms with E-state index in [0.29, 0.717) is 17.1 Å². The van der Waals surface area contributed by atoms with Crippen molar-refractivity contribution in [2.24, 2.45) is 5.10 Å². The highest BCUT2D eigenvalue weighted by Crippen LogP contribution is 2.26. The van der Waals surface area contributed by atoms with Gasteiger partial charge in [0.2, 0.25) is 0 Å². The molecule has 2 amide bonds. The highest BCUT2D eigenvalue weighted by molar-refractivity contribution is 5.96. The summed E-state index contributed by atoms with van der Waals surface area (Å²) >= 11 is 0. The molecule has 10 nitrogen and oxygen atoms in total. The van der Waals surface area contributed by atoms with Crippen LogP contribution in [0.15, 0.2) is 47.6 Å². The molecular formula is C18H18N4O6. The Morgan fingerprint density at radius 1 is 1.11 bits per heavy atom. The Hall–Kier alpha value is -3.95. The molecule has 0 saturated carbocycles. The molecule has 0 fully saturated rings. The lowest BCUT2D eigenvalue weighted by molar-refractivity contribution is -0.384. The quantitative estimate of drug-likeness (QED) is 0.401. The van der Waals surface area contributed by atoms with Gasteiger partial charge in [-0.15, -0.1) is 0 Å². The number of ether oxygens (including phenoxy) is 2. The van der Waals surface area contributed by atoms with Gasteiger partial charge in [-0.05, 0) is 35.9 Å². The second-order valence-electron chi connectivity index (χ2n) is 5.39. The Morgan fingerprint density at radius 2 is 1.79 bits per heavy atom. The molecular weight excluding hydrogens is 368 g/mol. The number of non-ortho nitro benzene ring substituents is 1. The van der Waals surface area contributed by atoms with Crippen molar-refractivity contribution in [2.75, 3.05) is 20.8 Å². The monoisotopic (exact) mass is 386 g/mol. The molecule has 0 aromatic heterocycles. The van der Waals surface area contributed by atoms with Crippen LogP contribution in [-0.2, 0) is 4.79 Å². The number of rotatable bonds is 8. The summed E-state index contributed by atoms with van der Waals surface area (Å²) in [5, 5.41) is 16.8. The molecule has 28 heavy (non-hydrogen) atoms. The van der Waals surface area contributed by atoms with E-state index < -0.39 is 16.7 Å². The van der Waals surface area contributed by atoms with Crippen molar-refractivity contribution < 1.29 is 24.0 Å². The fourth-order valence-electron chi connectivity index (χ4n) is 2.15. The van der Waals surface area contributed by atoms with E-state index in [1.54, 1.807) is 18.2 Å². The third kappa shape index (κ3) is 5.53. The molecule has 146 valence electrons. The number of methoxy groups -OCH3 is 2. The summed E-state index contributed by atoms with van der Waals surface area (Å²) in [4.78, 5) is 33.7. The lowest BCUT2D eigenvalue weighted by Gasteiger charge is -2.07. The summed E-state index contributed by atoms with van der Waals surface area (Å²) in [5.41, 5.74) is 3.03. The lowest BCUT2D eigenvalue weighted by atomic mass is 10.2. The molecule has 0 bridgehead atoms. The number of nitrogens with zero attached hydrogens (tertiary/aromatic N) is 2. The molecule has 0 spiro atoms. The summed E-state index contributed by atoms with van der Waals surface area (Å²) in [7, 11) is 3.03. The van der Waals surface area contributed by atoms with E-state index in [-0.39, 0.29) is 17.8 Å². The van der Waals surface area contributed by atoms with Gasteiger partial charge in [-0.2, -0.15) is 5.10 Å². The van der Waals surface area contributed by atoms with Crippen molar-refractivity contribution in [3.63, 3.8) is 0 Å². The first-order valence-corrected chi connectivity index (χ1v) is 8.01. The molecule has 2 aromatic carbocycles. The minimum absolute atomic E-state index is 0.126. The first-order chi connectivity index (χ1) is 13.4. The van der Waals surface area contributed by atoms with Crippen molar-refractivity contribution in [3.05, 3.63) is 63.7 Å². The molecule has 2 aromatic rings. The number of nitrogens with one attached hydrogen (secondary N) is 2. The average molecular weight is 386 g/mol. The van der Waals surface area contributed by atoms with Crippen molar-refractivity contribution in [3.8, 4) is 11.5 Å². The maximum atomic E-state index is 11.9. The van der Waals surface area contributed by atoms with Crippen LogP contribution < -0.4 is 20.2 Å². The van der Waals surface area contributed by atoms with E-state index in [1.165, 1.54) is 44.7 Å². The number of nitro groups is 1. The Balaban J connectivity index is 1.84. The topological polar surface area (TPSA) is 132 Å². The van der Waals surface area contributed by atoms with Crippen molar-refractivity contribution in [1.29, 1.82) is 0 Å². The zero-order valence-electron chi connectivity index (χ0n) is 15.2. The SMILES string of the molecule is COc1ccc(/C=N\NC(=O)CNC(=O)c2ccc([N+](=O)[O-])cc2)cc1OC. The standard InChI is InChI=1S/C18H18N4O6/c1-27-15-8-3-12(9-16(15)28-2)10-20-21-17(23)11-19-18(24)13-4-6-14(7-5-13)22(25)26/h3-10H,11H2,1-2H3,(H,19,24)(H,21,23)/b20-10-. The smallest absolute Gasteiger partial charge is 0.269 e. The normalized spacial score (nSPS) is 10.4. The van der Waals surface area contributed by atoms with Crippen LogP contribution in [0.2, 0.25) is 0 Å². The van der Waals surface area contributed by atoms with Crippen LogP contribution in [0.25, 0.3) is 0 Å². The Labute approximate surface area is 160 Å². The number of carbonyl (C=O) groups is 2. The van der Waals surface area contributed by atoms with Gasteiger partial charge in [0, 0.05) is 17.7 Å². The number of benzene rings is 2. The molecule has 0 aliphatic rings. The zero-order valence-corrected chi connectivity index (χ0v) is 15.2. The number of hydrogen-bond donors (Lipinski definition) is 2. The highest BCUT2D eigenvalue weighted by Gasteiger charge is 2.10. The van der Waals surface area contributed by atoms with Gasteiger partial charge >= 0.3 is 0 Å². The lowest BCUT2D eigenvalue weighted by Crippen LogP contribution is -2.34. The fraction of sp³-hybridized carbons (Fsp3) is 0.167. The third-order valence-corrected chi connectivity index (χ3v) is 3.56.